The summed E-state index contributed by atoms with van der Waals surface area (Å²) >= 11 is 6.10. The Hall–Kier alpha value is -2.53. The molecule has 0 bridgehead atoms. The summed E-state index contributed by atoms with van der Waals surface area (Å²) in [6.07, 6.45) is 1.21. The van der Waals surface area contributed by atoms with E-state index in [1.54, 1.807) is 24.3 Å². The molecule has 2 atom stereocenters. The van der Waals surface area contributed by atoms with Crippen LogP contribution in [0.25, 0.3) is 0 Å². The van der Waals surface area contributed by atoms with Crippen molar-refractivity contribution >= 4 is 34.8 Å². The fourth-order valence-electron chi connectivity index (χ4n) is 3.54. The van der Waals surface area contributed by atoms with E-state index >= 15 is 0 Å². The van der Waals surface area contributed by atoms with Crippen molar-refractivity contribution < 1.29 is 9.59 Å². The van der Waals surface area contributed by atoms with Gasteiger partial charge in [-0.25, -0.2) is 0 Å². The average Bonchev–Trinajstić information content (AvgIpc) is 3.13. The van der Waals surface area contributed by atoms with Gasteiger partial charge in [0.15, 0.2) is 0 Å². The van der Waals surface area contributed by atoms with Gasteiger partial charge in [0.25, 0.3) is 5.91 Å². The second-order valence-electron chi connectivity index (χ2n) is 8.05. The van der Waals surface area contributed by atoms with Crippen LogP contribution in [-0.4, -0.2) is 30.9 Å². The van der Waals surface area contributed by atoms with Gasteiger partial charge in [0.1, 0.15) is 6.04 Å². The fraction of sp³-hybridized carbons (Fsp3) is 0.391. The van der Waals surface area contributed by atoms with Gasteiger partial charge in [-0.05, 0) is 54.7 Å². The molecule has 2 aromatic carbocycles. The smallest absolute Gasteiger partial charge is 0.253 e. The van der Waals surface area contributed by atoms with E-state index in [0.717, 1.165) is 13.1 Å². The number of halogens is 1. The van der Waals surface area contributed by atoms with Crippen LogP contribution in [0.1, 0.15) is 37.6 Å². The third-order valence-electron chi connectivity index (χ3n) is 5.28. The Morgan fingerprint density at radius 1 is 1.10 bits per heavy atom. The quantitative estimate of drug-likeness (QED) is 0.728. The lowest BCUT2D eigenvalue weighted by Gasteiger charge is -2.22. The number of nitrogens with one attached hydrogen (secondary N) is 2. The minimum Gasteiger partial charge on any atom is -0.371 e. The number of nitrogens with zero attached hydrogens (tertiary/aromatic N) is 1. The predicted octanol–water partition coefficient (Wildman–Crippen LogP) is 4.58. The molecule has 2 unspecified atom stereocenters. The molecule has 154 valence electrons. The zero-order chi connectivity index (χ0) is 21.0. The number of benzene rings is 2. The molecular weight excluding hydrogens is 386 g/mol. The summed E-state index contributed by atoms with van der Waals surface area (Å²) in [6, 6.07) is 14.0. The SMILES string of the molecule is CC1CCN(c2ccc(NC(=O)C(NC(=O)c3ccccc3Cl)C(C)C)cc2)C1. The van der Waals surface area contributed by atoms with Crippen LogP contribution in [0.4, 0.5) is 11.4 Å². The van der Waals surface area contributed by atoms with Crippen LogP contribution >= 0.6 is 11.6 Å². The van der Waals surface area contributed by atoms with E-state index in [4.69, 9.17) is 11.6 Å². The highest BCUT2D eigenvalue weighted by atomic mass is 35.5. The summed E-state index contributed by atoms with van der Waals surface area (Å²) < 4.78 is 0. The summed E-state index contributed by atoms with van der Waals surface area (Å²) in [5.41, 5.74) is 2.24. The molecule has 2 amide bonds. The molecule has 2 aromatic rings. The van der Waals surface area contributed by atoms with Crippen LogP contribution < -0.4 is 15.5 Å². The van der Waals surface area contributed by atoms with E-state index in [9.17, 15) is 9.59 Å². The molecule has 5 nitrogen and oxygen atoms in total. The molecule has 0 aliphatic carbocycles. The second kappa shape index (κ2) is 9.31. The van der Waals surface area contributed by atoms with E-state index in [2.05, 4.69) is 22.5 Å². The van der Waals surface area contributed by atoms with Crippen LogP contribution in [0.15, 0.2) is 48.5 Å². The molecule has 29 heavy (non-hydrogen) atoms. The molecule has 6 heteroatoms. The molecule has 1 heterocycles. The summed E-state index contributed by atoms with van der Waals surface area (Å²) in [4.78, 5) is 27.8. The highest BCUT2D eigenvalue weighted by molar-refractivity contribution is 6.33. The van der Waals surface area contributed by atoms with Crippen LogP contribution in [-0.2, 0) is 4.79 Å². The van der Waals surface area contributed by atoms with Crippen molar-refractivity contribution in [3.8, 4) is 0 Å². The maximum absolute atomic E-state index is 12.8. The van der Waals surface area contributed by atoms with Gasteiger partial charge in [0.2, 0.25) is 5.91 Å². The molecule has 3 rings (SSSR count). The Morgan fingerprint density at radius 3 is 2.38 bits per heavy atom. The van der Waals surface area contributed by atoms with Gasteiger partial charge in [-0.1, -0.05) is 44.5 Å². The monoisotopic (exact) mass is 413 g/mol. The second-order valence-corrected chi connectivity index (χ2v) is 8.46. The lowest BCUT2D eigenvalue weighted by Crippen LogP contribution is -2.47. The van der Waals surface area contributed by atoms with Gasteiger partial charge in [0.05, 0.1) is 10.6 Å². The number of rotatable bonds is 6. The van der Waals surface area contributed by atoms with Gasteiger partial charge < -0.3 is 15.5 Å². The Kier molecular flexibility index (Phi) is 6.80. The third-order valence-corrected chi connectivity index (χ3v) is 5.61. The largest absolute Gasteiger partial charge is 0.371 e. The van der Waals surface area contributed by atoms with Gasteiger partial charge in [0, 0.05) is 24.5 Å². The van der Waals surface area contributed by atoms with E-state index in [1.165, 1.54) is 12.1 Å². The summed E-state index contributed by atoms with van der Waals surface area (Å²) in [6.45, 7) is 8.19. The summed E-state index contributed by atoms with van der Waals surface area (Å²) in [7, 11) is 0. The average molecular weight is 414 g/mol. The minimum absolute atomic E-state index is 0.0770. The maximum Gasteiger partial charge on any atom is 0.253 e. The highest BCUT2D eigenvalue weighted by Gasteiger charge is 2.26. The van der Waals surface area contributed by atoms with Gasteiger partial charge in [-0.15, -0.1) is 0 Å². The molecule has 2 N–H and O–H groups in total. The molecule has 0 aromatic heterocycles. The summed E-state index contributed by atoms with van der Waals surface area (Å²) in [5, 5.41) is 6.09. The number of carbonyl (C=O) groups excluding carboxylic acids is 2. The molecule has 1 aliphatic heterocycles. The van der Waals surface area contributed by atoms with Crippen molar-refractivity contribution in [3.63, 3.8) is 0 Å². The highest BCUT2D eigenvalue weighted by Crippen LogP contribution is 2.25. The van der Waals surface area contributed by atoms with Crippen LogP contribution in [0.2, 0.25) is 5.02 Å². The van der Waals surface area contributed by atoms with Crippen molar-refractivity contribution in [1.82, 2.24) is 5.32 Å². The van der Waals surface area contributed by atoms with Gasteiger partial charge >= 0.3 is 0 Å². The van der Waals surface area contributed by atoms with E-state index < -0.39 is 6.04 Å². The number of anilines is 2. The molecule has 1 fully saturated rings. The Labute approximate surface area is 177 Å². The number of hydrogen-bond donors (Lipinski definition) is 2. The lowest BCUT2D eigenvalue weighted by atomic mass is 10.0. The zero-order valence-corrected chi connectivity index (χ0v) is 17.9. The van der Waals surface area contributed by atoms with Crippen LogP contribution in [0, 0.1) is 11.8 Å². The van der Waals surface area contributed by atoms with Gasteiger partial charge in [-0.2, -0.15) is 0 Å². The topological polar surface area (TPSA) is 61.4 Å². The van der Waals surface area contributed by atoms with Crippen molar-refractivity contribution in [2.24, 2.45) is 11.8 Å². The Morgan fingerprint density at radius 2 is 1.79 bits per heavy atom. The molecule has 1 aliphatic rings. The first-order chi connectivity index (χ1) is 13.8. The molecular formula is C23H28ClN3O2. The Balaban J connectivity index is 1.65. The van der Waals surface area contributed by atoms with E-state index in [1.807, 2.05) is 38.1 Å². The van der Waals surface area contributed by atoms with Crippen molar-refractivity contribution in [2.45, 2.75) is 33.2 Å². The van der Waals surface area contributed by atoms with Crippen LogP contribution in [0.3, 0.4) is 0 Å². The van der Waals surface area contributed by atoms with Crippen molar-refractivity contribution in [1.29, 1.82) is 0 Å². The number of carbonyl (C=O) groups is 2. The van der Waals surface area contributed by atoms with Crippen molar-refractivity contribution in [2.75, 3.05) is 23.3 Å². The lowest BCUT2D eigenvalue weighted by molar-refractivity contribution is -0.118. The third kappa shape index (κ3) is 5.30. The van der Waals surface area contributed by atoms with E-state index in [0.29, 0.717) is 22.2 Å². The van der Waals surface area contributed by atoms with Crippen LogP contribution in [0.5, 0.6) is 0 Å². The predicted molar refractivity (Wildman–Crippen MR) is 119 cm³/mol. The molecule has 0 saturated carbocycles. The Bertz CT molecular complexity index is 867. The normalized spacial score (nSPS) is 17.3. The zero-order valence-electron chi connectivity index (χ0n) is 17.1. The number of amides is 2. The fourth-order valence-corrected chi connectivity index (χ4v) is 3.77. The van der Waals surface area contributed by atoms with E-state index in [-0.39, 0.29) is 17.7 Å². The first-order valence-electron chi connectivity index (χ1n) is 10.1. The van der Waals surface area contributed by atoms with Gasteiger partial charge in [-0.3, -0.25) is 9.59 Å². The number of hydrogen-bond acceptors (Lipinski definition) is 3. The first-order valence-corrected chi connectivity index (χ1v) is 10.4. The standard InChI is InChI=1S/C23H28ClN3O2/c1-15(2)21(26-22(28)19-6-4-5-7-20(19)24)23(29)25-17-8-10-18(11-9-17)27-13-12-16(3)14-27/h4-11,15-16,21H,12-14H2,1-3H3,(H,25,29)(H,26,28). The first kappa shape index (κ1) is 21.2. The van der Waals surface area contributed by atoms with Crippen molar-refractivity contribution in [3.05, 3.63) is 59.1 Å². The molecule has 1 saturated heterocycles. The summed E-state index contributed by atoms with van der Waals surface area (Å²) in [5.74, 6) is 0.0283. The minimum atomic E-state index is -0.669. The molecule has 0 spiro atoms. The maximum atomic E-state index is 12.8. The molecule has 0 radical (unpaired) electrons.